The van der Waals surface area contributed by atoms with Crippen molar-refractivity contribution in [1.82, 2.24) is 0 Å². The third-order valence-corrected chi connectivity index (χ3v) is 4.98. The van der Waals surface area contributed by atoms with Crippen LogP contribution in [0, 0.1) is 0 Å². The highest BCUT2D eigenvalue weighted by molar-refractivity contribution is 5.62. The van der Waals surface area contributed by atoms with E-state index in [0.29, 0.717) is 0 Å². The zero-order valence-electron chi connectivity index (χ0n) is 14.9. The predicted molar refractivity (Wildman–Crippen MR) is 94.8 cm³/mol. The maximum atomic E-state index is 6.22. The molecular weight excluding hydrogens is 272 g/mol. The minimum atomic E-state index is 0.0890. The van der Waals surface area contributed by atoms with E-state index in [1.54, 1.807) is 7.11 Å². The minimum absolute atomic E-state index is 0.0890. The number of methoxy groups -OCH3 is 1. The third kappa shape index (κ3) is 3.47. The first-order valence-corrected chi connectivity index (χ1v) is 8.57. The molecule has 124 valence electrons. The van der Waals surface area contributed by atoms with E-state index in [-0.39, 0.29) is 11.5 Å². The molecule has 0 amide bonds. The lowest BCUT2D eigenvalue weighted by Gasteiger charge is -2.41. The summed E-state index contributed by atoms with van der Waals surface area (Å²) in [6, 6.07) is 4.86. The molecule has 22 heavy (non-hydrogen) atoms. The number of rotatable bonds is 6. The highest BCUT2D eigenvalue weighted by Gasteiger charge is 2.32. The Balaban J connectivity index is 2.43. The molecule has 1 aromatic rings. The van der Waals surface area contributed by atoms with Gasteiger partial charge < -0.3 is 15.4 Å². The molecule has 3 nitrogen and oxygen atoms in total. The minimum Gasteiger partial charge on any atom is -0.385 e. The first kappa shape index (κ1) is 17.3. The van der Waals surface area contributed by atoms with Gasteiger partial charge in [-0.25, -0.2) is 0 Å². The number of ether oxygens (including phenoxy) is 1. The van der Waals surface area contributed by atoms with E-state index in [2.05, 4.69) is 44.7 Å². The van der Waals surface area contributed by atoms with Crippen molar-refractivity contribution in [2.24, 2.45) is 5.73 Å². The largest absolute Gasteiger partial charge is 0.385 e. The Morgan fingerprint density at radius 1 is 1.36 bits per heavy atom. The Bertz CT molecular complexity index is 508. The summed E-state index contributed by atoms with van der Waals surface area (Å²) in [6.45, 7) is 12.0. The molecule has 1 aliphatic rings. The van der Waals surface area contributed by atoms with Crippen molar-refractivity contribution >= 4 is 5.69 Å². The lowest BCUT2D eigenvalue weighted by Crippen LogP contribution is -2.38. The van der Waals surface area contributed by atoms with Crippen LogP contribution in [0.3, 0.4) is 0 Å². The Morgan fingerprint density at radius 3 is 2.68 bits per heavy atom. The fraction of sp³-hybridized carbons (Fsp3) is 0.684. The summed E-state index contributed by atoms with van der Waals surface area (Å²) in [5.74, 6) is 0. The van der Waals surface area contributed by atoms with Crippen LogP contribution in [0.15, 0.2) is 12.1 Å². The average molecular weight is 304 g/mol. The summed E-state index contributed by atoms with van der Waals surface area (Å²) in [6.07, 6.45) is 3.32. The maximum absolute atomic E-state index is 6.22. The van der Waals surface area contributed by atoms with Crippen LogP contribution in [0.25, 0.3) is 0 Å². The van der Waals surface area contributed by atoms with Gasteiger partial charge in [-0.15, -0.1) is 0 Å². The molecule has 3 heteroatoms. The van der Waals surface area contributed by atoms with Gasteiger partial charge in [0.15, 0.2) is 0 Å². The summed E-state index contributed by atoms with van der Waals surface area (Å²) in [5, 5.41) is 0. The zero-order valence-corrected chi connectivity index (χ0v) is 14.9. The molecular formula is C19H32N2O. The fourth-order valence-corrected chi connectivity index (χ4v) is 3.48. The number of benzene rings is 1. The van der Waals surface area contributed by atoms with Crippen LogP contribution in [-0.4, -0.2) is 26.8 Å². The Kier molecular flexibility index (Phi) is 5.51. The number of anilines is 1. The summed E-state index contributed by atoms with van der Waals surface area (Å²) in [7, 11) is 1.77. The molecule has 2 rings (SSSR count). The average Bonchev–Trinajstić information content (AvgIpc) is 2.48. The summed E-state index contributed by atoms with van der Waals surface area (Å²) >= 11 is 0. The van der Waals surface area contributed by atoms with Gasteiger partial charge in [0.1, 0.15) is 0 Å². The van der Waals surface area contributed by atoms with Gasteiger partial charge in [-0.3, -0.25) is 0 Å². The lowest BCUT2D eigenvalue weighted by molar-refractivity contribution is 0.195. The normalized spacial score (nSPS) is 18.2. The molecule has 1 aliphatic heterocycles. The van der Waals surface area contributed by atoms with Crippen molar-refractivity contribution < 1.29 is 4.74 Å². The van der Waals surface area contributed by atoms with E-state index < -0.39 is 0 Å². The van der Waals surface area contributed by atoms with E-state index in [0.717, 1.165) is 32.5 Å². The van der Waals surface area contributed by atoms with Crippen LogP contribution >= 0.6 is 0 Å². The second-order valence-corrected chi connectivity index (χ2v) is 7.18. The Hall–Kier alpha value is -1.06. The molecule has 1 atom stereocenters. The first-order valence-electron chi connectivity index (χ1n) is 8.57. The van der Waals surface area contributed by atoms with Crippen LogP contribution in [0.5, 0.6) is 0 Å². The Morgan fingerprint density at radius 2 is 2.09 bits per heavy atom. The highest BCUT2D eigenvalue weighted by Crippen LogP contribution is 2.42. The standard InChI is InChI=1S/C19H32N2O/c1-6-15-12-17-18(13-16(15)14(2)20)21(9-7-11-22-5)10-8-19(17,3)4/h12-14H,6-11,20H2,1-5H3. The van der Waals surface area contributed by atoms with Gasteiger partial charge in [-0.1, -0.05) is 26.8 Å². The second-order valence-electron chi connectivity index (χ2n) is 7.18. The van der Waals surface area contributed by atoms with Gasteiger partial charge in [0.2, 0.25) is 0 Å². The lowest BCUT2D eigenvalue weighted by atomic mass is 9.75. The van der Waals surface area contributed by atoms with E-state index in [1.807, 2.05) is 0 Å². The van der Waals surface area contributed by atoms with Crippen LogP contribution < -0.4 is 10.6 Å². The SMILES string of the molecule is CCc1cc2c(cc1C(C)N)N(CCCOC)CCC2(C)C. The van der Waals surface area contributed by atoms with E-state index in [9.17, 15) is 0 Å². The molecule has 0 spiro atoms. The van der Waals surface area contributed by atoms with Gasteiger partial charge in [-0.2, -0.15) is 0 Å². The number of hydrogen-bond acceptors (Lipinski definition) is 3. The molecule has 0 radical (unpaired) electrons. The number of aryl methyl sites for hydroxylation is 1. The van der Waals surface area contributed by atoms with Gasteiger partial charge >= 0.3 is 0 Å². The molecule has 0 fully saturated rings. The molecule has 0 saturated carbocycles. The number of fused-ring (bicyclic) bond motifs is 1. The van der Waals surface area contributed by atoms with Crippen molar-refractivity contribution in [2.75, 3.05) is 31.7 Å². The quantitative estimate of drug-likeness (QED) is 0.813. The molecule has 0 aromatic heterocycles. The summed E-state index contributed by atoms with van der Waals surface area (Å²) in [4.78, 5) is 2.52. The van der Waals surface area contributed by atoms with Gasteiger partial charge in [0, 0.05) is 38.5 Å². The van der Waals surface area contributed by atoms with Crippen molar-refractivity contribution in [2.45, 2.75) is 58.4 Å². The fourth-order valence-electron chi connectivity index (χ4n) is 3.48. The molecule has 0 aliphatic carbocycles. The van der Waals surface area contributed by atoms with E-state index in [4.69, 9.17) is 10.5 Å². The van der Waals surface area contributed by atoms with Crippen LogP contribution in [-0.2, 0) is 16.6 Å². The van der Waals surface area contributed by atoms with Crippen LogP contribution in [0.1, 0.15) is 63.3 Å². The second kappa shape index (κ2) is 7.01. The predicted octanol–water partition coefficient (Wildman–Crippen LogP) is 3.79. The summed E-state index contributed by atoms with van der Waals surface area (Å²) in [5.41, 5.74) is 12.0. The first-order chi connectivity index (χ1) is 10.4. The van der Waals surface area contributed by atoms with Crippen molar-refractivity contribution in [3.63, 3.8) is 0 Å². The number of hydrogen-bond donors (Lipinski definition) is 1. The van der Waals surface area contributed by atoms with E-state index >= 15 is 0 Å². The molecule has 0 bridgehead atoms. The third-order valence-electron chi connectivity index (χ3n) is 4.98. The van der Waals surface area contributed by atoms with Gasteiger partial charge in [0.05, 0.1) is 0 Å². The van der Waals surface area contributed by atoms with Gasteiger partial charge in [0.25, 0.3) is 0 Å². The van der Waals surface area contributed by atoms with Crippen LogP contribution in [0.2, 0.25) is 0 Å². The number of nitrogens with zero attached hydrogens (tertiary/aromatic N) is 1. The van der Waals surface area contributed by atoms with E-state index in [1.165, 1.54) is 28.8 Å². The smallest absolute Gasteiger partial charge is 0.0479 e. The number of nitrogens with two attached hydrogens (primary N) is 1. The topological polar surface area (TPSA) is 38.5 Å². The van der Waals surface area contributed by atoms with Crippen LogP contribution in [0.4, 0.5) is 5.69 Å². The highest BCUT2D eigenvalue weighted by atomic mass is 16.5. The monoisotopic (exact) mass is 304 g/mol. The summed E-state index contributed by atoms with van der Waals surface area (Å²) < 4.78 is 5.21. The van der Waals surface area contributed by atoms with Gasteiger partial charge in [-0.05, 0) is 54.4 Å². The maximum Gasteiger partial charge on any atom is 0.0479 e. The van der Waals surface area contributed by atoms with Crippen molar-refractivity contribution in [3.05, 3.63) is 28.8 Å². The van der Waals surface area contributed by atoms with Crippen molar-refractivity contribution in [1.29, 1.82) is 0 Å². The Labute approximate surface area is 135 Å². The van der Waals surface area contributed by atoms with Crippen molar-refractivity contribution in [3.8, 4) is 0 Å². The molecule has 0 saturated heterocycles. The zero-order chi connectivity index (χ0) is 16.3. The molecule has 1 aromatic carbocycles. The molecule has 1 heterocycles. The molecule has 1 unspecified atom stereocenters. The molecule has 2 N–H and O–H groups in total.